The second kappa shape index (κ2) is 12.5. The summed E-state index contributed by atoms with van der Waals surface area (Å²) in [6.07, 6.45) is 3.17. The van der Waals surface area contributed by atoms with Gasteiger partial charge in [-0.05, 0) is 43.2 Å². The maximum Gasteiger partial charge on any atom is 0.329 e. The van der Waals surface area contributed by atoms with Crippen molar-refractivity contribution in [2.24, 2.45) is 5.10 Å². The molecule has 2 rings (SSSR count). The lowest BCUT2D eigenvalue weighted by Gasteiger charge is -2.13. The van der Waals surface area contributed by atoms with Crippen LogP contribution in [0.4, 0.5) is 0 Å². The Morgan fingerprint density at radius 2 is 1.87 bits per heavy atom. The van der Waals surface area contributed by atoms with Crippen molar-refractivity contribution in [2.75, 3.05) is 13.2 Å². The fourth-order valence-electron chi connectivity index (χ4n) is 2.44. The molecule has 0 aliphatic carbocycles. The van der Waals surface area contributed by atoms with Crippen LogP contribution in [0.2, 0.25) is 5.02 Å². The minimum Gasteiger partial charge on any atom is -0.490 e. The van der Waals surface area contributed by atoms with E-state index in [4.69, 9.17) is 21.1 Å². The van der Waals surface area contributed by atoms with Crippen molar-refractivity contribution in [3.05, 3.63) is 58.6 Å². The molecule has 0 radical (unpaired) electrons. The highest BCUT2D eigenvalue weighted by molar-refractivity contribution is 6.35. The Morgan fingerprint density at radius 1 is 1.07 bits per heavy atom. The first-order valence-corrected chi connectivity index (χ1v) is 10.2. The Kier molecular flexibility index (Phi) is 9.67. The first kappa shape index (κ1) is 23.2. The Balaban J connectivity index is 1.98. The normalized spacial score (nSPS) is 10.6. The van der Waals surface area contributed by atoms with E-state index in [-0.39, 0.29) is 0 Å². The molecule has 0 atom stereocenters. The van der Waals surface area contributed by atoms with Gasteiger partial charge in [-0.2, -0.15) is 5.10 Å². The largest absolute Gasteiger partial charge is 0.490 e. The molecule has 0 aliphatic rings. The second-order valence-electron chi connectivity index (χ2n) is 6.33. The molecule has 30 heavy (non-hydrogen) atoms. The standard InChI is InChI=1S/C22H26ClN3O4/c1-3-5-12-24-21(27)22(28)26-25-14-16-10-11-19(20(13-16)29-4-2)30-15-17-8-6-7-9-18(17)23/h6-11,13-14H,3-5,12,15H2,1-2H3,(H,24,27)(H,26,28)/b25-14-. The highest BCUT2D eigenvalue weighted by atomic mass is 35.5. The van der Waals surface area contributed by atoms with E-state index in [2.05, 4.69) is 15.8 Å². The van der Waals surface area contributed by atoms with Crippen LogP contribution in [0, 0.1) is 0 Å². The van der Waals surface area contributed by atoms with Crippen molar-refractivity contribution in [1.82, 2.24) is 10.7 Å². The Hall–Kier alpha value is -3.06. The smallest absolute Gasteiger partial charge is 0.329 e. The summed E-state index contributed by atoms with van der Waals surface area (Å²) in [4.78, 5) is 23.3. The van der Waals surface area contributed by atoms with E-state index < -0.39 is 11.8 Å². The third-order valence-corrected chi connectivity index (χ3v) is 4.38. The van der Waals surface area contributed by atoms with Crippen molar-refractivity contribution in [1.29, 1.82) is 0 Å². The second-order valence-corrected chi connectivity index (χ2v) is 6.74. The molecular weight excluding hydrogens is 406 g/mol. The van der Waals surface area contributed by atoms with Gasteiger partial charge < -0.3 is 14.8 Å². The highest BCUT2D eigenvalue weighted by Crippen LogP contribution is 2.29. The molecule has 0 bridgehead atoms. The van der Waals surface area contributed by atoms with E-state index in [1.807, 2.05) is 38.1 Å². The van der Waals surface area contributed by atoms with Crippen molar-refractivity contribution in [2.45, 2.75) is 33.3 Å². The van der Waals surface area contributed by atoms with Crippen LogP contribution < -0.4 is 20.2 Å². The van der Waals surface area contributed by atoms with Crippen LogP contribution >= 0.6 is 11.6 Å². The molecule has 0 unspecified atom stereocenters. The summed E-state index contributed by atoms with van der Waals surface area (Å²) < 4.78 is 11.5. The molecule has 0 aromatic heterocycles. The van der Waals surface area contributed by atoms with Gasteiger partial charge in [0.15, 0.2) is 11.5 Å². The summed E-state index contributed by atoms with van der Waals surface area (Å²) in [6, 6.07) is 12.7. The van der Waals surface area contributed by atoms with Gasteiger partial charge in [-0.3, -0.25) is 9.59 Å². The number of hydrazone groups is 1. The van der Waals surface area contributed by atoms with Crippen LogP contribution in [0.5, 0.6) is 11.5 Å². The Labute approximate surface area is 181 Å². The molecule has 8 heteroatoms. The van der Waals surface area contributed by atoms with Gasteiger partial charge >= 0.3 is 11.8 Å². The topological polar surface area (TPSA) is 89.0 Å². The van der Waals surface area contributed by atoms with Crippen LogP contribution in [-0.4, -0.2) is 31.2 Å². The van der Waals surface area contributed by atoms with Crippen LogP contribution in [0.25, 0.3) is 0 Å². The number of hydrogen-bond donors (Lipinski definition) is 2. The zero-order valence-electron chi connectivity index (χ0n) is 17.1. The zero-order valence-corrected chi connectivity index (χ0v) is 17.9. The Morgan fingerprint density at radius 3 is 2.60 bits per heavy atom. The van der Waals surface area contributed by atoms with E-state index in [9.17, 15) is 9.59 Å². The number of benzene rings is 2. The van der Waals surface area contributed by atoms with E-state index >= 15 is 0 Å². The predicted octanol–water partition coefficient (Wildman–Crippen LogP) is 3.68. The van der Waals surface area contributed by atoms with Crippen LogP contribution in [0.3, 0.4) is 0 Å². The molecule has 7 nitrogen and oxygen atoms in total. The fraction of sp³-hybridized carbons (Fsp3) is 0.318. The fourth-order valence-corrected chi connectivity index (χ4v) is 2.63. The third-order valence-electron chi connectivity index (χ3n) is 4.01. The van der Waals surface area contributed by atoms with E-state index in [1.54, 1.807) is 18.2 Å². The number of nitrogens with zero attached hydrogens (tertiary/aromatic N) is 1. The van der Waals surface area contributed by atoms with Gasteiger partial charge in [0.25, 0.3) is 0 Å². The lowest BCUT2D eigenvalue weighted by Crippen LogP contribution is -2.38. The van der Waals surface area contributed by atoms with E-state index in [0.29, 0.717) is 41.8 Å². The summed E-state index contributed by atoms with van der Waals surface area (Å²) in [7, 11) is 0. The molecule has 160 valence electrons. The third kappa shape index (κ3) is 7.40. The van der Waals surface area contributed by atoms with Gasteiger partial charge in [-0.25, -0.2) is 5.43 Å². The number of hydrogen-bond acceptors (Lipinski definition) is 5. The lowest BCUT2D eigenvalue weighted by molar-refractivity contribution is -0.139. The molecule has 0 spiro atoms. The average Bonchev–Trinajstić information content (AvgIpc) is 2.74. The molecule has 2 aromatic rings. The summed E-state index contributed by atoms with van der Waals surface area (Å²) in [5, 5.41) is 6.99. The number of nitrogens with one attached hydrogen (secondary N) is 2. The molecule has 0 aliphatic heterocycles. The summed E-state index contributed by atoms with van der Waals surface area (Å²) in [5.41, 5.74) is 3.75. The number of amides is 2. The van der Waals surface area contributed by atoms with Crippen molar-refractivity contribution >= 4 is 29.6 Å². The number of halogens is 1. The highest BCUT2D eigenvalue weighted by Gasteiger charge is 2.11. The van der Waals surface area contributed by atoms with Gasteiger partial charge in [0.2, 0.25) is 0 Å². The number of carbonyl (C=O) groups is 2. The van der Waals surface area contributed by atoms with Crippen LogP contribution in [-0.2, 0) is 16.2 Å². The molecule has 2 amide bonds. The molecule has 0 heterocycles. The maximum atomic E-state index is 11.7. The molecule has 0 fully saturated rings. The molecular formula is C22H26ClN3O4. The Bertz CT molecular complexity index is 886. The van der Waals surface area contributed by atoms with Gasteiger partial charge in [0.1, 0.15) is 6.61 Å². The summed E-state index contributed by atoms with van der Waals surface area (Å²) >= 11 is 6.17. The van der Waals surface area contributed by atoms with Crippen molar-refractivity contribution in [3.8, 4) is 11.5 Å². The first-order chi connectivity index (χ1) is 14.5. The van der Waals surface area contributed by atoms with Crippen molar-refractivity contribution < 1.29 is 19.1 Å². The van der Waals surface area contributed by atoms with Gasteiger partial charge in [-0.1, -0.05) is 43.1 Å². The summed E-state index contributed by atoms with van der Waals surface area (Å²) in [6.45, 7) is 5.09. The minimum absolute atomic E-state index is 0.302. The lowest BCUT2D eigenvalue weighted by atomic mass is 10.2. The number of ether oxygens (including phenoxy) is 2. The molecule has 2 N–H and O–H groups in total. The van der Waals surface area contributed by atoms with Crippen LogP contribution in [0.15, 0.2) is 47.6 Å². The SMILES string of the molecule is CCCCNC(=O)C(=O)N/N=C\c1ccc(OCc2ccccc2Cl)c(OCC)c1. The minimum atomic E-state index is -0.813. The van der Waals surface area contributed by atoms with Crippen molar-refractivity contribution in [3.63, 3.8) is 0 Å². The number of rotatable bonds is 10. The van der Waals surface area contributed by atoms with Gasteiger partial charge in [0.05, 0.1) is 12.8 Å². The first-order valence-electron chi connectivity index (χ1n) is 9.79. The summed E-state index contributed by atoms with van der Waals surface area (Å²) in [5.74, 6) is -0.420. The average molecular weight is 432 g/mol. The number of carbonyl (C=O) groups excluding carboxylic acids is 2. The molecule has 0 saturated heterocycles. The molecule has 0 saturated carbocycles. The maximum absolute atomic E-state index is 11.7. The number of unbranched alkanes of at least 4 members (excludes halogenated alkanes) is 1. The van der Waals surface area contributed by atoms with E-state index in [0.717, 1.165) is 18.4 Å². The van der Waals surface area contributed by atoms with Gasteiger partial charge in [0, 0.05) is 17.1 Å². The molecule has 2 aromatic carbocycles. The quantitative estimate of drug-likeness (QED) is 0.260. The predicted molar refractivity (Wildman–Crippen MR) is 117 cm³/mol. The van der Waals surface area contributed by atoms with Crippen LogP contribution in [0.1, 0.15) is 37.8 Å². The zero-order chi connectivity index (χ0) is 21.8. The monoisotopic (exact) mass is 431 g/mol. The van der Waals surface area contributed by atoms with Gasteiger partial charge in [-0.15, -0.1) is 0 Å². The van der Waals surface area contributed by atoms with E-state index in [1.165, 1.54) is 6.21 Å².